The van der Waals surface area contributed by atoms with Crippen LogP contribution in [0.5, 0.6) is 0 Å². The van der Waals surface area contributed by atoms with E-state index >= 15 is 0 Å². The highest BCUT2D eigenvalue weighted by Gasteiger charge is 2.32. The molecule has 0 saturated heterocycles. The van der Waals surface area contributed by atoms with Crippen LogP contribution in [0.3, 0.4) is 0 Å². The Morgan fingerprint density at radius 3 is 2.61 bits per heavy atom. The zero-order chi connectivity index (χ0) is 13.3. The van der Waals surface area contributed by atoms with E-state index in [0.717, 1.165) is 17.7 Å². The van der Waals surface area contributed by atoms with Crippen molar-refractivity contribution in [3.8, 4) is 0 Å². The summed E-state index contributed by atoms with van der Waals surface area (Å²) in [6, 6.07) is 3.86. The molecule has 98 valence electrons. The van der Waals surface area contributed by atoms with Crippen molar-refractivity contribution in [1.29, 1.82) is 0 Å². The van der Waals surface area contributed by atoms with E-state index < -0.39 is 0 Å². The Hall–Kier alpha value is -1.51. The minimum absolute atomic E-state index is 0.0487. The zero-order valence-electron chi connectivity index (χ0n) is 11.5. The van der Waals surface area contributed by atoms with Crippen molar-refractivity contribution >= 4 is 11.6 Å². The summed E-state index contributed by atoms with van der Waals surface area (Å²) in [6.07, 6.45) is 3.68. The molecule has 0 unspecified atom stereocenters. The molecule has 0 aromatic heterocycles. The van der Waals surface area contributed by atoms with Gasteiger partial charge in [-0.3, -0.25) is 4.79 Å². The maximum absolute atomic E-state index is 12.2. The van der Waals surface area contributed by atoms with Crippen LogP contribution in [-0.4, -0.2) is 12.5 Å². The van der Waals surface area contributed by atoms with Crippen molar-refractivity contribution in [1.82, 2.24) is 5.32 Å². The first-order valence-corrected chi connectivity index (χ1v) is 6.56. The third-order valence-electron chi connectivity index (χ3n) is 4.01. The van der Waals surface area contributed by atoms with E-state index in [1.54, 1.807) is 0 Å². The number of carbonyl (C=O) groups is 1. The summed E-state index contributed by atoms with van der Waals surface area (Å²) in [5, 5.41) is 3.02. The number of anilines is 1. The molecule has 0 spiro atoms. The monoisotopic (exact) mass is 246 g/mol. The van der Waals surface area contributed by atoms with E-state index in [2.05, 4.69) is 12.2 Å². The molecule has 0 radical (unpaired) electrons. The summed E-state index contributed by atoms with van der Waals surface area (Å²) in [6.45, 7) is 6.89. The van der Waals surface area contributed by atoms with Crippen LogP contribution in [-0.2, 0) is 0 Å². The van der Waals surface area contributed by atoms with E-state index in [-0.39, 0.29) is 5.91 Å². The number of aryl methyl sites for hydroxylation is 2. The number of nitrogens with two attached hydrogens (primary N) is 1. The summed E-state index contributed by atoms with van der Waals surface area (Å²) in [5.41, 5.74) is 9.51. The molecule has 1 aliphatic carbocycles. The predicted molar refractivity (Wildman–Crippen MR) is 74.6 cm³/mol. The number of nitrogens with one attached hydrogen (secondary N) is 1. The van der Waals surface area contributed by atoms with Gasteiger partial charge in [0, 0.05) is 12.2 Å². The average Bonchev–Trinajstić information content (AvgIpc) is 2.28. The minimum Gasteiger partial charge on any atom is -0.398 e. The number of benzene rings is 1. The van der Waals surface area contributed by atoms with Crippen molar-refractivity contribution < 1.29 is 4.79 Å². The van der Waals surface area contributed by atoms with Crippen LogP contribution in [0.25, 0.3) is 0 Å². The third kappa shape index (κ3) is 2.50. The van der Waals surface area contributed by atoms with Crippen LogP contribution >= 0.6 is 0 Å². The van der Waals surface area contributed by atoms with E-state index in [1.165, 1.54) is 19.3 Å². The molecule has 1 aromatic rings. The quantitative estimate of drug-likeness (QED) is 0.806. The van der Waals surface area contributed by atoms with Gasteiger partial charge in [0.2, 0.25) is 0 Å². The topological polar surface area (TPSA) is 55.1 Å². The highest BCUT2D eigenvalue weighted by Crippen LogP contribution is 2.39. The standard InChI is InChI=1S/C15H22N2O/c1-10-7-11(2)13(16)12(8-10)14(18)17-9-15(3)5-4-6-15/h7-8H,4-6,9,16H2,1-3H3,(H,17,18). The van der Waals surface area contributed by atoms with E-state index in [1.807, 2.05) is 26.0 Å². The molecule has 0 aliphatic heterocycles. The molecule has 18 heavy (non-hydrogen) atoms. The Balaban J connectivity index is 2.09. The molecule has 0 bridgehead atoms. The third-order valence-corrected chi connectivity index (χ3v) is 4.01. The number of carbonyl (C=O) groups excluding carboxylic acids is 1. The van der Waals surface area contributed by atoms with Crippen molar-refractivity contribution in [3.05, 3.63) is 28.8 Å². The fourth-order valence-electron chi connectivity index (χ4n) is 2.51. The van der Waals surface area contributed by atoms with Gasteiger partial charge in [-0.25, -0.2) is 0 Å². The Morgan fingerprint density at radius 1 is 1.39 bits per heavy atom. The summed E-state index contributed by atoms with van der Waals surface area (Å²) >= 11 is 0. The molecule has 1 aliphatic rings. The second-order valence-electron chi connectivity index (χ2n) is 5.89. The van der Waals surface area contributed by atoms with Gasteiger partial charge in [-0.15, -0.1) is 0 Å². The van der Waals surface area contributed by atoms with Crippen LogP contribution in [0.2, 0.25) is 0 Å². The first-order valence-electron chi connectivity index (χ1n) is 6.56. The van der Waals surface area contributed by atoms with E-state index in [9.17, 15) is 4.79 Å². The highest BCUT2D eigenvalue weighted by molar-refractivity contribution is 6.00. The Labute approximate surface area is 109 Å². The fraction of sp³-hybridized carbons (Fsp3) is 0.533. The summed E-state index contributed by atoms with van der Waals surface area (Å²) in [5.74, 6) is -0.0487. The molecular weight excluding hydrogens is 224 g/mol. The average molecular weight is 246 g/mol. The molecule has 0 atom stereocenters. The SMILES string of the molecule is Cc1cc(C)c(N)c(C(=O)NCC2(C)CCC2)c1. The molecular formula is C15H22N2O. The van der Waals surface area contributed by atoms with E-state index in [4.69, 9.17) is 5.73 Å². The van der Waals surface area contributed by atoms with Gasteiger partial charge in [-0.1, -0.05) is 19.4 Å². The smallest absolute Gasteiger partial charge is 0.253 e. The summed E-state index contributed by atoms with van der Waals surface area (Å²) in [7, 11) is 0. The normalized spacial score (nSPS) is 17.1. The van der Waals surface area contributed by atoms with Gasteiger partial charge in [0.1, 0.15) is 0 Å². The van der Waals surface area contributed by atoms with Crippen molar-refractivity contribution in [2.75, 3.05) is 12.3 Å². The Bertz CT molecular complexity index is 476. The lowest BCUT2D eigenvalue weighted by molar-refractivity contribution is 0.0891. The van der Waals surface area contributed by atoms with Gasteiger partial charge in [0.25, 0.3) is 5.91 Å². The number of rotatable bonds is 3. The Morgan fingerprint density at radius 2 is 2.06 bits per heavy atom. The van der Waals surface area contributed by atoms with Gasteiger partial charge < -0.3 is 11.1 Å². The van der Waals surface area contributed by atoms with Crippen LogP contribution in [0.15, 0.2) is 12.1 Å². The molecule has 3 N–H and O–H groups in total. The maximum atomic E-state index is 12.2. The van der Waals surface area contributed by atoms with Gasteiger partial charge in [-0.2, -0.15) is 0 Å². The predicted octanol–water partition coefficient (Wildman–Crippen LogP) is 2.81. The lowest BCUT2D eigenvalue weighted by Crippen LogP contribution is -2.40. The van der Waals surface area contributed by atoms with Crippen molar-refractivity contribution in [2.45, 2.75) is 40.0 Å². The zero-order valence-corrected chi connectivity index (χ0v) is 11.5. The lowest BCUT2D eigenvalue weighted by Gasteiger charge is -2.38. The molecule has 0 heterocycles. The van der Waals surface area contributed by atoms with Crippen LogP contribution in [0, 0.1) is 19.3 Å². The molecule has 3 heteroatoms. The number of hydrogen-bond donors (Lipinski definition) is 2. The molecule has 1 amide bonds. The van der Waals surface area contributed by atoms with Crippen LogP contribution < -0.4 is 11.1 Å². The van der Waals surface area contributed by atoms with Crippen molar-refractivity contribution in [3.63, 3.8) is 0 Å². The first-order chi connectivity index (χ1) is 8.41. The Kier molecular flexibility index (Phi) is 3.33. The summed E-state index contributed by atoms with van der Waals surface area (Å²) in [4.78, 5) is 12.2. The molecule has 2 rings (SSSR count). The van der Waals surface area contributed by atoms with Gasteiger partial charge in [-0.05, 0) is 49.3 Å². The maximum Gasteiger partial charge on any atom is 0.253 e. The van der Waals surface area contributed by atoms with Crippen LogP contribution in [0.1, 0.15) is 47.7 Å². The van der Waals surface area contributed by atoms with Crippen LogP contribution in [0.4, 0.5) is 5.69 Å². The lowest BCUT2D eigenvalue weighted by atomic mass is 9.70. The number of amides is 1. The number of hydrogen-bond acceptors (Lipinski definition) is 2. The van der Waals surface area contributed by atoms with Gasteiger partial charge in [0.05, 0.1) is 5.56 Å². The summed E-state index contributed by atoms with van der Waals surface area (Å²) < 4.78 is 0. The molecule has 1 saturated carbocycles. The molecule has 1 fully saturated rings. The van der Waals surface area contributed by atoms with Crippen molar-refractivity contribution in [2.24, 2.45) is 5.41 Å². The van der Waals surface area contributed by atoms with Gasteiger partial charge >= 0.3 is 0 Å². The van der Waals surface area contributed by atoms with Gasteiger partial charge in [0.15, 0.2) is 0 Å². The second-order valence-corrected chi connectivity index (χ2v) is 5.89. The largest absolute Gasteiger partial charge is 0.398 e. The minimum atomic E-state index is -0.0487. The molecule has 1 aromatic carbocycles. The fourth-order valence-corrected chi connectivity index (χ4v) is 2.51. The number of nitrogen functional groups attached to an aromatic ring is 1. The second kappa shape index (κ2) is 4.63. The molecule has 3 nitrogen and oxygen atoms in total. The first kappa shape index (κ1) is 12.9. The van der Waals surface area contributed by atoms with E-state index in [0.29, 0.717) is 16.7 Å². The highest BCUT2D eigenvalue weighted by atomic mass is 16.1.